The first-order chi connectivity index (χ1) is 20.8. The highest BCUT2D eigenvalue weighted by Gasteiger charge is 2.18. The van der Waals surface area contributed by atoms with E-state index in [4.69, 9.17) is 0 Å². The van der Waals surface area contributed by atoms with Gasteiger partial charge in [-0.2, -0.15) is 0 Å². The minimum Gasteiger partial charge on any atom is -0.361 e. The predicted molar refractivity (Wildman–Crippen MR) is 175 cm³/mol. The second kappa shape index (κ2) is 13.3. The maximum atomic E-state index is 13.6. The third kappa shape index (κ3) is 7.42. The van der Waals surface area contributed by atoms with Gasteiger partial charge in [-0.3, -0.25) is 14.4 Å². The van der Waals surface area contributed by atoms with Crippen LogP contribution >= 0.6 is 11.8 Å². The van der Waals surface area contributed by atoms with Crippen molar-refractivity contribution in [1.29, 1.82) is 0 Å². The predicted octanol–water partition coefficient (Wildman–Crippen LogP) is 7.31. The molecule has 43 heavy (non-hydrogen) atoms. The van der Waals surface area contributed by atoms with E-state index in [1.165, 1.54) is 17.3 Å². The van der Waals surface area contributed by atoms with E-state index in [1.54, 1.807) is 42.6 Å². The quantitative estimate of drug-likeness (QED) is 0.107. The van der Waals surface area contributed by atoms with Crippen LogP contribution in [0.25, 0.3) is 17.0 Å². The fourth-order valence-electron chi connectivity index (χ4n) is 4.48. The molecule has 1 atom stereocenters. The van der Waals surface area contributed by atoms with E-state index in [2.05, 4.69) is 20.9 Å². The molecule has 0 saturated carbocycles. The Morgan fingerprint density at radius 3 is 2.33 bits per heavy atom. The zero-order valence-corrected chi connectivity index (χ0v) is 24.9. The van der Waals surface area contributed by atoms with Crippen molar-refractivity contribution in [3.63, 3.8) is 0 Å². The fourth-order valence-corrected chi connectivity index (χ4v) is 5.40. The molecular weight excluding hydrogens is 556 g/mol. The number of para-hydroxylation sites is 1. The van der Waals surface area contributed by atoms with E-state index in [-0.39, 0.29) is 16.9 Å². The summed E-state index contributed by atoms with van der Waals surface area (Å²) >= 11 is 1.39. The molecule has 1 unspecified atom stereocenters. The summed E-state index contributed by atoms with van der Waals surface area (Å²) in [4.78, 5) is 43.5. The minimum absolute atomic E-state index is 0.0952. The SMILES string of the molecule is Cc1ccc(NC(=O)C(C)Sc2cccc(NC(=O)/C(=C/c3c[nH]c4ccccc34)NC(=O)c3ccccc3)c2)cc1C. The van der Waals surface area contributed by atoms with Crippen molar-refractivity contribution in [2.24, 2.45) is 0 Å². The monoisotopic (exact) mass is 588 g/mol. The summed E-state index contributed by atoms with van der Waals surface area (Å²) in [5, 5.41) is 9.22. The second-order valence-corrected chi connectivity index (χ2v) is 11.6. The molecule has 3 amide bonds. The molecule has 7 nitrogen and oxygen atoms in total. The van der Waals surface area contributed by atoms with Gasteiger partial charge in [-0.15, -0.1) is 11.8 Å². The van der Waals surface area contributed by atoms with Crippen LogP contribution < -0.4 is 16.0 Å². The van der Waals surface area contributed by atoms with Gasteiger partial charge in [-0.25, -0.2) is 0 Å². The highest BCUT2D eigenvalue weighted by atomic mass is 32.2. The van der Waals surface area contributed by atoms with Crippen molar-refractivity contribution in [2.75, 3.05) is 10.6 Å². The van der Waals surface area contributed by atoms with Crippen LogP contribution in [0.2, 0.25) is 0 Å². The fraction of sp³-hybridized carbons (Fsp3) is 0.114. The Hall–Kier alpha value is -5.08. The molecule has 5 aromatic rings. The van der Waals surface area contributed by atoms with Crippen molar-refractivity contribution < 1.29 is 14.4 Å². The van der Waals surface area contributed by atoms with Crippen molar-refractivity contribution in [3.05, 3.63) is 131 Å². The third-order valence-corrected chi connectivity index (χ3v) is 8.09. The van der Waals surface area contributed by atoms with E-state index in [0.717, 1.165) is 32.6 Å². The molecule has 8 heteroatoms. The lowest BCUT2D eigenvalue weighted by Gasteiger charge is -2.14. The summed E-state index contributed by atoms with van der Waals surface area (Å²) in [6.07, 6.45) is 3.46. The normalized spacial score (nSPS) is 12.0. The summed E-state index contributed by atoms with van der Waals surface area (Å²) in [6, 6.07) is 29.6. The van der Waals surface area contributed by atoms with Crippen LogP contribution in [0.1, 0.15) is 34.0 Å². The highest BCUT2D eigenvalue weighted by molar-refractivity contribution is 8.00. The van der Waals surface area contributed by atoms with E-state index in [9.17, 15) is 14.4 Å². The number of aromatic amines is 1. The van der Waals surface area contributed by atoms with Crippen LogP contribution in [0.4, 0.5) is 11.4 Å². The van der Waals surface area contributed by atoms with Gasteiger partial charge >= 0.3 is 0 Å². The van der Waals surface area contributed by atoms with Crippen molar-refractivity contribution in [1.82, 2.24) is 10.3 Å². The van der Waals surface area contributed by atoms with Crippen LogP contribution in [0, 0.1) is 13.8 Å². The summed E-state index contributed by atoms with van der Waals surface area (Å²) in [7, 11) is 0. The lowest BCUT2D eigenvalue weighted by Crippen LogP contribution is -2.30. The van der Waals surface area contributed by atoms with Gasteiger partial charge < -0.3 is 20.9 Å². The minimum atomic E-state index is -0.475. The van der Waals surface area contributed by atoms with Crippen LogP contribution in [0.3, 0.4) is 0 Å². The lowest BCUT2D eigenvalue weighted by atomic mass is 10.1. The molecule has 0 aliphatic heterocycles. The number of aromatic nitrogens is 1. The molecule has 0 fully saturated rings. The Morgan fingerprint density at radius 2 is 1.53 bits per heavy atom. The molecule has 1 heterocycles. The Morgan fingerprint density at radius 1 is 0.791 bits per heavy atom. The molecule has 4 aromatic carbocycles. The van der Waals surface area contributed by atoms with Crippen LogP contribution in [0.5, 0.6) is 0 Å². The number of rotatable bonds is 9. The molecule has 0 aliphatic rings. The zero-order chi connectivity index (χ0) is 30.3. The topological polar surface area (TPSA) is 103 Å². The van der Waals surface area contributed by atoms with Crippen molar-refractivity contribution in [2.45, 2.75) is 30.9 Å². The Bertz CT molecular complexity index is 1830. The standard InChI is InChI=1S/C35H32N4O3S/c1-22-16-17-28(18-23(22)2)37-33(40)24(3)43-29-13-9-12-27(20-29)38-35(42)32(39-34(41)25-10-5-4-6-11-25)19-26-21-36-31-15-8-7-14-30(26)31/h4-21,24,36H,1-3H3,(H,37,40)(H,38,42)(H,39,41)/b32-19-. The summed E-state index contributed by atoms with van der Waals surface area (Å²) in [6.45, 7) is 5.88. The maximum Gasteiger partial charge on any atom is 0.272 e. The number of nitrogens with one attached hydrogen (secondary N) is 4. The molecule has 0 bridgehead atoms. The Kier molecular flexibility index (Phi) is 9.08. The van der Waals surface area contributed by atoms with Gasteiger partial charge in [-0.1, -0.05) is 48.5 Å². The summed E-state index contributed by atoms with van der Waals surface area (Å²) in [5.41, 5.74) is 5.79. The molecule has 0 spiro atoms. The zero-order valence-electron chi connectivity index (χ0n) is 24.1. The Labute approximate surface area is 254 Å². The number of aryl methyl sites for hydroxylation is 2. The molecule has 4 N–H and O–H groups in total. The summed E-state index contributed by atoms with van der Waals surface area (Å²) < 4.78 is 0. The van der Waals surface area contributed by atoms with E-state index < -0.39 is 11.8 Å². The lowest BCUT2D eigenvalue weighted by molar-refractivity contribution is -0.115. The maximum absolute atomic E-state index is 13.6. The highest BCUT2D eigenvalue weighted by Crippen LogP contribution is 2.27. The van der Waals surface area contributed by atoms with Crippen molar-refractivity contribution in [3.8, 4) is 0 Å². The number of hydrogen-bond acceptors (Lipinski definition) is 4. The average Bonchev–Trinajstić information content (AvgIpc) is 3.42. The molecule has 1 aromatic heterocycles. The number of anilines is 2. The van der Waals surface area contributed by atoms with E-state index >= 15 is 0 Å². The molecule has 0 radical (unpaired) electrons. The third-order valence-electron chi connectivity index (χ3n) is 7.00. The number of benzene rings is 4. The number of H-pyrrole nitrogens is 1. The van der Waals surface area contributed by atoms with Crippen LogP contribution in [-0.2, 0) is 9.59 Å². The van der Waals surface area contributed by atoms with Gasteiger partial charge in [0.15, 0.2) is 0 Å². The number of thioether (sulfide) groups is 1. The van der Waals surface area contributed by atoms with Gasteiger partial charge in [0.1, 0.15) is 5.70 Å². The number of carbonyl (C=O) groups is 3. The molecule has 0 aliphatic carbocycles. The Balaban J connectivity index is 1.32. The van der Waals surface area contributed by atoms with Crippen LogP contribution in [0.15, 0.2) is 114 Å². The number of amides is 3. The van der Waals surface area contributed by atoms with Gasteiger partial charge in [0.05, 0.1) is 5.25 Å². The largest absolute Gasteiger partial charge is 0.361 e. The van der Waals surface area contributed by atoms with Crippen molar-refractivity contribution >= 4 is 57.8 Å². The first-order valence-electron chi connectivity index (χ1n) is 13.9. The molecule has 5 rings (SSSR count). The van der Waals surface area contributed by atoms with Gasteiger partial charge in [0.25, 0.3) is 11.8 Å². The smallest absolute Gasteiger partial charge is 0.272 e. The van der Waals surface area contributed by atoms with Gasteiger partial charge in [0.2, 0.25) is 5.91 Å². The van der Waals surface area contributed by atoms with E-state index in [1.807, 2.05) is 87.5 Å². The van der Waals surface area contributed by atoms with Gasteiger partial charge in [0, 0.05) is 44.5 Å². The first kappa shape index (κ1) is 29.4. The second-order valence-electron chi connectivity index (χ2n) is 10.2. The van der Waals surface area contributed by atoms with E-state index in [0.29, 0.717) is 11.3 Å². The molecule has 0 saturated heterocycles. The van der Waals surface area contributed by atoms with Gasteiger partial charge in [-0.05, 0) is 86.5 Å². The average molecular weight is 589 g/mol. The summed E-state index contributed by atoms with van der Waals surface area (Å²) in [5.74, 6) is -0.984. The number of fused-ring (bicyclic) bond motifs is 1. The first-order valence-corrected chi connectivity index (χ1v) is 14.8. The number of carbonyl (C=O) groups excluding carboxylic acids is 3. The number of hydrogen-bond donors (Lipinski definition) is 4. The molecular formula is C35H32N4O3S. The molecule has 216 valence electrons. The van der Waals surface area contributed by atoms with Crippen LogP contribution in [-0.4, -0.2) is 28.0 Å².